The van der Waals surface area contributed by atoms with Crippen molar-refractivity contribution in [3.8, 4) is 23.2 Å². The van der Waals surface area contributed by atoms with Gasteiger partial charge in [-0.1, -0.05) is 29.4 Å². The molecule has 1 heterocycles. The third-order valence-electron chi connectivity index (χ3n) is 3.93. The second kappa shape index (κ2) is 8.96. The summed E-state index contributed by atoms with van der Waals surface area (Å²) in [6.07, 6.45) is 0. The highest BCUT2D eigenvalue weighted by molar-refractivity contribution is 5.72. The lowest BCUT2D eigenvalue weighted by molar-refractivity contribution is -0.139. The number of hydrogen-bond donors (Lipinski definition) is 2. The molecule has 0 fully saturated rings. The number of nitrogens with zero attached hydrogens (tertiary/aromatic N) is 4. The number of tetrazole rings is 1. The summed E-state index contributed by atoms with van der Waals surface area (Å²) in [5.41, 5.74) is 1.63. The van der Waals surface area contributed by atoms with Crippen LogP contribution >= 0.6 is 0 Å². The summed E-state index contributed by atoms with van der Waals surface area (Å²) < 4.78 is 13.1. The van der Waals surface area contributed by atoms with E-state index in [4.69, 9.17) is 14.6 Å². The molecule has 28 heavy (non-hydrogen) atoms. The highest BCUT2D eigenvalue weighted by Crippen LogP contribution is 2.32. The van der Waals surface area contributed by atoms with Crippen LogP contribution in [0.4, 0.5) is 0 Å². The minimum atomic E-state index is -0.905. The SMILES string of the molecule is CCOc1cc(CNC(C)C(=O)O)ccc1Oc1nnnn1-c1ccccc1. The van der Waals surface area contributed by atoms with Gasteiger partial charge in [-0.3, -0.25) is 4.79 Å². The molecule has 9 nitrogen and oxygen atoms in total. The van der Waals surface area contributed by atoms with Crippen molar-refractivity contribution in [3.05, 3.63) is 54.1 Å². The second-order valence-electron chi connectivity index (χ2n) is 5.97. The Labute approximate surface area is 161 Å². The Morgan fingerprint density at radius 3 is 2.71 bits per heavy atom. The Morgan fingerprint density at radius 2 is 2.00 bits per heavy atom. The summed E-state index contributed by atoms with van der Waals surface area (Å²) in [5, 5.41) is 23.5. The van der Waals surface area contributed by atoms with Gasteiger partial charge in [0.2, 0.25) is 0 Å². The average Bonchev–Trinajstić information content (AvgIpc) is 3.16. The van der Waals surface area contributed by atoms with Crippen LogP contribution in [0.1, 0.15) is 19.4 Å². The van der Waals surface area contributed by atoms with Crippen molar-refractivity contribution >= 4 is 5.97 Å². The highest BCUT2D eigenvalue weighted by Gasteiger charge is 2.15. The molecule has 3 aromatic rings. The molecule has 9 heteroatoms. The summed E-state index contributed by atoms with van der Waals surface area (Å²) in [6.45, 7) is 4.29. The maximum absolute atomic E-state index is 10.9. The molecule has 0 aliphatic heterocycles. The Balaban J connectivity index is 1.81. The fourth-order valence-electron chi connectivity index (χ4n) is 2.45. The smallest absolute Gasteiger partial charge is 0.346 e. The second-order valence-corrected chi connectivity index (χ2v) is 5.97. The Bertz CT molecular complexity index is 929. The van der Waals surface area contributed by atoms with Crippen LogP contribution in [0.5, 0.6) is 17.5 Å². The highest BCUT2D eigenvalue weighted by atomic mass is 16.5. The van der Waals surface area contributed by atoms with E-state index < -0.39 is 12.0 Å². The molecule has 0 bridgehead atoms. The van der Waals surface area contributed by atoms with Crippen molar-refractivity contribution in [2.75, 3.05) is 6.61 Å². The summed E-state index contributed by atoms with van der Waals surface area (Å²) in [4.78, 5) is 10.9. The van der Waals surface area contributed by atoms with Crippen LogP contribution in [0.25, 0.3) is 5.69 Å². The van der Waals surface area contributed by atoms with Gasteiger partial charge >= 0.3 is 12.0 Å². The number of aliphatic carboxylic acids is 1. The van der Waals surface area contributed by atoms with Crippen LogP contribution in [-0.2, 0) is 11.3 Å². The number of ether oxygens (including phenoxy) is 2. The van der Waals surface area contributed by atoms with Crippen molar-refractivity contribution in [1.82, 2.24) is 25.5 Å². The Morgan fingerprint density at radius 1 is 1.21 bits per heavy atom. The predicted octanol–water partition coefficient (Wildman–Crippen LogP) is 2.42. The molecule has 2 aromatic carbocycles. The number of hydrogen-bond acceptors (Lipinski definition) is 7. The molecule has 0 aliphatic rings. The number of rotatable bonds is 9. The number of aromatic nitrogens is 4. The molecule has 2 N–H and O–H groups in total. The Kier molecular flexibility index (Phi) is 6.18. The van der Waals surface area contributed by atoms with Crippen LogP contribution in [0.3, 0.4) is 0 Å². The lowest BCUT2D eigenvalue weighted by atomic mass is 10.2. The van der Waals surface area contributed by atoms with E-state index in [2.05, 4.69) is 20.8 Å². The van der Waals surface area contributed by atoms with Crippen LogP contribution < -0.4 is 14.8 Å². The molecule has 1 atom stereocenters. The number of carboxylic acids is 1. The molecule has 3 rings (SSSR count). The van der Waals surface area contributed by atoms with E-state index in [1.54, 1.807) is 19.1 Å². The van der Waals surface area contributed by atoms with Gasteiger partial charge in [-0.05, 0) is 54.1 Å². The number of benzene rings is 2. The Hall–Kier alpha value is -3.46. The third kappa shape index (κ3) is 4.63. The van der Waals surface area contributed by atoms with E-state index in [1.807, 2.05) is 43.3 Å². The van der Waals surface area contributed by atoms with Crippen molar-refractivity contribution in [2.45, 2.75) is 26.4 Å². The van der Waals surface area contributed by atoms with Gasteiger partial charge in [0, 0.05) is 6.54 Å². The molecular formula is C19H21N5O4. The van der Waals surface area contributed by atoms with Gasteiger partial charge in [-0.25, -0.2) is 0 Å². The monoisotopic (exact) mass is 383 g/mol. The van der Waals surface area contributed by atoms with Gasteiger partial charge in [0.25, 0.3) is 0 Å². The molecule has 0 amide bonds. The molecule has 1 unspecified atom stereocenters. The van der Waals surface area contributed by atoms with Crippen LogP contribution in [0.2, 0.25) is 0 Å². The van der Waals surface area contributed by atoms with Crippen LogP contribution in [0.15, 0.2) is 48.5 Å². The normalized spacial score (nSPS) is 11.8. The zero-order valence-electron chi connectivity index (χ0n) is 15.6. The van der Waals surface area contributed by atoms with Gasteiger partial charge in [-0.15, -0.1) is 0 Å². The predicted molar refractivity (Wildman–Crippen MR) is 101 cm³/mol. The molecule has 0 saturated heterocycles. The van der Waals surface area contributed by atoms with Crippen LogP contribution in [0, 0.1) is 0 Å². The summed E-state index contributed by atoms with van der Waals surface area (Å²) in [6, 6.07) is 14.3. The van der Waals surface area contributed by atoms with Gasteiger partial charge in [0.1, 0.15) is 6.04 Å². The first kappa shape index (κ1) is 19.3. The van der Waals surface area contributed by atoms with E-state index in [0.29, 0.717) is 24.7 Å². The van der Waals surface area contributed by atoms with E-state index >= 15 is 0 Å². The zero-order valence-corrected chi connectivity index (χ0v) is 15.6. The molecule has 0 radical (unpaired) electrons. The maximum atomic E-state index is 10.9. The molecule has 0 spiro atoms. The van der Waals surface area contributed by atoms with Crippen molar-refractivity contribution in [2.24, 2.45) is 0 Å². The number of carboxylic acid groups (broad SMARTS) is 1. The van der Waals surface area contributed by atoms with E-state index in [9.17, 15) is 4.79 Å². The fraction of sp³-hybridized carbons (Fsp3) is 0.263. The summed E-state index contributed by atoms with van der Waals surface area (Å²) in [7, 11) is 0. The molecule has 146 valence electrons. The van der Waals surface area contributed by atoms with Gasteiger partial charge in [0.15, 0.2) is 11.5 Å². The maximum Gasteiger partial charge on any atom is 0.346 e. The first-order chi connectivity index (χ1) is 13.6. The largest absolute Gasteiger partial charge is 0.490 e. The zero-order chi connectivity index (χ0) is 19.9. The van der Waals surface area contributed by atoms with E-state index in [-0.39, 0.29) is 6.01 Å². The molecule has 0 aliphatic carbocycles. The summed E-state index contributed by atoms with van der Waals surface area (Å²) in [5.74, 6) is 0.0778. The minimum absolute atomic E-state index is 0.206. The lowest BCUT2D eigenvalue weighted by Gasteiger charge is -2.14. The number of carbonyl (C=O) groups is 1. The van der Waals surface area contributed by atoms with E-state index in [0.717, 1.165) is 11.3 Å². The van der Waals surface area contributed by atoms with Crippen molar-refractivity contribution in [1.29, 1.82) is 0 Å². The first-order valence-corrected chi connectivity index (χ1v) is 8.82. The molecular weight excluding hydrogens is 362 g/mol. The molecule has 1 aromatic heterocycles. The number of nitrogens with one attached hydrogen (secondary N) is 1. The lowest BCUT2D eigenvalue weighted by Crippen LogP contribution is -2.33. The fourth-order valence-corrected chi connectivity index (χ4v) is 2.45. The molecule has 0 saturated carbocycles. The van der Waals surface area contributed by atoms with E-state index in [1.165, 1.54) is 4.68 Å². The number of para-hydroxylation sites is 1. The quantitative estimate of drug-likeness (QED) is 0.579. The minimum Gasteiger partial charge on any atom is -0.490 e. The van der Waals surface area contributed by atoms with Gasteiger partial charge in [-0.2, -0.15) is 4.68 Å². The van der Waals surface area contributed by atoms with Crippen molar-refractivity contribution in [3.63, 3.8) is 0 Å². The first-order valence-electron chi connectivity index (χ1n) is 8.82. The van der Waals surface area contributed by atoms with Crippen LogP contribution in [-0.4, -0.2) is 43.9 Å². The standard InChI is InChI=1S/C19H21N5O4/c1-3-27-17-11-14(12-20-13(2)18(25)26)9-10-16(17)28-19-21-22-23-24(19)15-7-5-4-6-8-15/h4-11,13,20H,3,12H2,1-2H3,(H,25,26). The van der Waals surface area contributed by atoms with Crippen molar-refractivity contribution < 1.29 is 19.4 Å². The average molecular weight is 383 g/mol. The third-order valence-corrected chi connectivity index (χ3v) is 3.93. The van der Waals surface area contributed by atoms with Gasteiger partial charge < -0.3 is 19.9 Å². The topological polar surface area (TPSA) is 111 Å². The van der Waals surface area contributed by atoms with Gasteiger partial charge in [0.05, 0.1) is 12.3 Å². The summed E-state index contributed by atoms with van der Waals surface area (Å²) >= 11 is 0.